The van der Waals surface area contributed by atoms with E-state index in [-0.39, 0.29) is 6.42 Å². The molecule has 0 heterocycles. The first-order valence-electron chi connectivity index (χ1n) is 10.3. The van der Waals surface area contributed by atoms with Crippen molar-refractivity contribution in [2.24, 2.45) is 0 Å². The van der Waals surface area contributed by atoms with Crippen LogP contribution in [-0.4, -0.2) is 31.4 Å². The van der Waals surface area contributed by atoms with E-state index in [1.807, 2.05) is 43.3 Å². The fourth-order valence-electron chi connectivity index (χ4n) is 3.23. The molecule has 0 aliphatic carbocycles. The topological polar surface area (TPSA) is 77.0 Å². The van der Waals surface area contributed by atoms with E-state index in [1.165, 1.54) is 12.7 Å². The summed E-state index contributed by atoms with van der Waals surface area (Å²) in [6.07, 6.45) is 1.81. The van der Waals surface area contributed by atoms with Gasteiger partial charge in [-0.15, -0.1) is 0 Å². The number of methoxy groups -OCH3 is 1. The minimum absolute atomic E-state index is 0.133. The van der Waals surface area contributed by atoms with E-state index < -0.39 is 5.97 Å². The number of ether oxygens (including phenoxy) is 2. The van der Waals surface area contributed by atoms with Gasteiger partial charge in [0.1, 0.15) is 24.7 Å². The summed E-state index contributed by atoms with van der Waals surface area (Å²) in [4.78, 5) is 16.6. The van der Waals surface area contributed by atoms with Gasteiger partial charge in [0.15, 0.2) is 0 Å². The third kappa shape index (κ3) is 6.36. The third-order valence-corrected chi connectivity index (χ3v) is 4.82. The van der Waals surface area contributed by atoms with E-state index in [1.54, 1.807) is 18.2 Å². The molecular weight excluding hydrogens is 406 g/mol. The first-order chi connectivity index (χ1) is 15.6. The maximum Gasteiger partial charge on any atom is 0.307 e. The Hall–Kier alpha value is -3.77. The number of aliphatic carboxylic acids is 1. The highest BCUT2D eigenvalue weighted by molar-refractivity contribution is 5.71. The zero-order valence-corrected chi connectivity index (χ0v) is 18.2. The van der Waals surface area contributed by atoms with Crippen molar-refractivity contribution in [3.8, 4) is 22.6 Å². The normalized spacial score (nSPS) is 11.1. The second-order valence-corrected chi connectivity index (χ2v) is 6.99. The molecule has 0 bridgehead atoms. The van der Waals surface area contributed by atoms with Crippen LogP contribution >= 0.6 is 0 Å². The van der Waals surface area contributed by atoms with Gasteiger partial charge in [-0.3, -0.25) is 15.1 Å². The van der Waals surface area contributed by atoms with E-state index in [0.29, 0.717) is 30.3 Å². The Morgan fingerprint density at radius 2 is 1.69 bits per heavy atom. The molecule has 0 spiro atoms. The van der Waals surface area contributed by atoms with Crippen LogP contribution in [0.15, 0.2) is 78.9 Å². The third-order valence-electron chi connectivity index (χ3n) is 4.82. The summed E-state index contributed by atoms with van der Waals surface area (Å²) < 4.78 is 10.9. The van der Waals surface area contributed by atoms with E-state index in [2.05, 4.69) is 29.7 Å². The highest BCUT2D eigenvalue weighted by Gasteiger charge is 2.09. The summed E-state index contributed by atoms with van der Waals surface area (Å²) >= 11 is 0. The van der Waals surface area contributed by atoms with Gasteiger partial charge in [-0.25, -0.2) is 0 Å². The van der Waals surface area contributed by atoms with Crippen molar-refractivity contribution in [1.82, 2.24) is 5.48 Å². The molecule has 0 fully saturated rings. The molecule has 0 saturated carbocycles. The van der Waals surface area contributed by atoms with E-state index in [0.717, 1.165) is 16.8 Å². The van der Waals surface area contributed by atoms with Crippen LogP contribution < -0.4 is 15.0 Å². The van der Waals surface area contributed by atoms with Crippen molar-refractivity contribution in [2.75, 3.05) is 20.3 Å². The highest BCUT2D eigenvalue weighted by Crippen LogP contribution is 2.25. The molecule has 3 aromatic carbocycles. The quantitative estimate of drug-likeness (QED) is 0.329. The molecule has 0 atom stereocenters. The number of carboxylic acid groups (broad SMARTS) is 1. The van der Waals surface area contributed by atoms with Crippen LogP contribution in [-0.2, 0) is 16.1 Å². The molecule has 3 aromatic rings. The van der Waals surface area contributed by atoms with Crippen molar-refractivity contribution >= 4 is 11.7 Å². The predicted molar refractivity (Wildman–Crippen MR) is 124 cm³/mol. The molecule has 0 aliphatic heterocycles. The maximum atomic E-state index is 11.0. The maximum absolute atomic E-state index is 11.0. The minimum atomic E-state index is -0.927. The molecule has 32 heavy (non-hydrogen) atoms. The fraction of sp³-hybridized carbons (Fsp3) is 0.192. The first kappa shape index (κ1) is 22.9. The Morgan fingerprint density at radius 3 is 2.34 bits per heavy atom. The second-order valence-electron chi connectivity index (χ2n) is 6.99. The Labute approximate surface area is 188 Å². The van der Waals surface area contributed by atoms with Crippen LogP contribution in [0.1, 0.15) is 18.1 Å². The smallest absolute Gasteiger partial charge is 0.307 e. The molecule has 3 rings (SSSR count). The van der Waals surface area contributed by atoms with Gasteiger partial charge >= 0.3 is 5.97 Å². The van der Waals surface area contributed by atoms with Crippen molar-refractivity contribution in [3.05, 3.63) is 90.0 Å². The predicted octanol–water partition coefficient (Wildman–Crippen LogP) is 4.95. The first-order valence-corrected chi connectivity index (χ1v) is 10.3. The van der Waals surface area contributed by atoms with Gasteiger partial charge in [-0.2, -0.15) is 0 Å². The van der Waals surface area contributed by atoms with E-state index in [9.17, 15) is 4.79 Å². The lowest BCUT2D eigenvalue weighted by molar-refractivity contribution is -0.136. The summed E-state index contributed by atoms with van der Waals surface area (Å²) in [5.74, 6) is 0.158. The second kappa shape index (κ2) is 11.6. The molecule has 0 amide bonds. The highest BCUT2D eigenvalue weighted by atomic mass is 16.7. The number of hydrogen-bond acceptors (Lipinski definition) is 5. The fourth-order valence-corrected chi connectivity index (χ4v) is 3.23. The number of benzene rings is 3. The summed E-state index contributed by atoms with van der Waals surface area (Å²) in [7, 11) is 1.51. The number of carbonyl (C=O) groups is 1. The van der Waals surface area contributed by atoms with Crippen LogP contribution in [0.4, 0.5) is 0 Å². The number of hydrogen-bond donors (Lipinski definition) is 2. The number of carboxylic acids is 1. The zero-order chi connectivity index (χ0) is 22.8. The van der Waals surface area contributed by atoms with Crippen molar-refractivity contribution in [2.45, 2.75) is 13.3 Å². The molecule has 6 heteroatoms. The molecule has 0 radical (unpaired) electrons. The van der Waals surface area contributed by atoms with Crippen molar-refractivity contribution in [1.29, 1.82) is 0 Å². The molecular formula is C26H27NO5. The summed E-state index contributed by atoms with van der Waals surface area (Å²) in [6.45, 7) is 2.55. The van der Waals surface area contributed by atoms with Gasteiger partial charge in [-0.1, -0.05) is 60.7 Å². The zero-order valence-electron chi connectivity index (χ0n) is 18.2. The van der Waals surface area contributed by atoms with E-state index in [4.69, 9.17) is 19.4 Å². The SMILES string of the molecule is CC=C(NOCCOc1ccc(OC)c(CC(=O)O)c1)c1ccc(-c2ccccc2)cc1. The molecule has 0 saturated heterocycles. The van der Waals surface area contributed by atoms with Crippen LogP contribution in [0, 0.1) is 0 Å². The number of hydroxylamine groups is 1. The van der Waals surface area contributed by atoms with Gasteiger partial charge < -0.3 is 14.6 Å². The van der Waals surface area contributed by atoms with Gasteiger partial charge in [0.2, 0.25) is 0 Å². The average molecular weight is 434 g/mol. The van der Waals surface area contributed by atoms with E-state index >= 15 is 0 Å². The number of nitrogens with one attached hydrogen (secondary N) is 1. The Bertz CT molecular complexity index is 1050. The lowest BCUT2D eigenvalue weighted by atomic mass is 10.0. The molecule has 0 unspecified atom stereocenters. The van der Waals surface area contributed by atoms with Gasteiger partial charge in [0, 0.05) is 5.56 Å². The van der Waals surface area contributed by atoms with Gasteiger partial charge in [0.25, 0.3) is 0 Å². The van der Waals surface area contributed by atoms with Crippen molar-refractivity contribution < 1.29 is 24.2 Å². The largest absolute Gasteiger partial charge is 0.496 e. The van der Waals surface area contributed by atoms with Gasteiger partial charge in [0.05, 0.1) is 19.2 Å². The van der Waals surface area contributed by atoms with Crippen molar-refractivity contribution in [3.63, 3.8) is 0 Å². The molecule has 2 N–H and O–H groups in total. The molecule has 166 valence electrons. The Balaban J connectivity index is 1.49. The molecule has 0 aromatic heterocycles. The minimum Gasteiger partial charge on any atom is -0.496 e. The molecule has 0 aliphatic rings. The lowest BCUT2D eigenvalue weighted by Crippen LogP contribution is -2.17. The number of rotatable bonds is 11. The van der Waals surface area contributed by atoms with Crippen LogP contribution in [0.5, 0.6) is 11.5 Å². The molecule has 6 nitrogen and oxygen atoms in total. The Kier molecular flexibility index (Phi) is 8.29. The van der Waals surface area contributed by atoms with Crippen LogP contribution in [0.25, 0.3) is 16.8 Å². The standard InChI is InChI=1S/C26H27NO5/c1-3-24(21-11-9-20(10-12-21)19-7-5-4-6-8-19)27-32-16-15-31-23-13-14-25(30-2)22(17-23)18-26(28)29/h3-14,17,27H,15-16,18H2,1-2H3,(H,28,29). The number of allylic oxidation sites excluding steroid dienone is 1. The summed E-state index contributed by atoms with van der Waals surface area (Å²) in [5, 5.41) is 9.04. The average Bonchev–Trinajstić information content (AvgIpc) is 2.82. The lowest BCUT2D eigenvalue weighted by Gasteiger charge is -2.13. The van der Waals surface area contributed by atoms with Gasteiger partial charge in [-0.05, 0) is 41.8 Å². The monoisotopic (exact) mass is 433 g/mol. The summed E-state index contributed by atoms with van der Waals surface area (Å²) in [6, 6.07) is 23.6. The summed E-state index contributed by atoms with van der Waals surface area (Å²) in [5.41, 5.74) is 7.73. The van der Waals surface area contributed by atoms with Crippen LogP contribution in [0.2, 0.25) is 0 Å². The van der Waals surface area contributed by atoms with Crippen LogP contribution in [0.3, 0.4) is 0 Å². The Morgan fingerprint density at radius 1 is 0.969 bits per heavy atom.